The molecule has 4 N–H and O–H groups in total. The Bertz CT molecular complexity index is 609. The first kappa shape index (κ1) is 13.0. The van der Waals surface area contributed by atoms with Crippen LogP contribution in [0.4, 0.5) is 11.4 Å². The SMILES string of the molecule is Cc1ccccc1CNc1ccc(C(=O)O)c(N)c1. The number of nitrogens with one attached hydrogen (secondary N) is 1. The molecular weight excluding hydrogens is 240 g/mol. The molecule has 4 heteroatoms. The van der Waals surface area contributed by atoms with E-state index in [4.69, 9.17) is 10.8 Å². The Morgan fingerprint density at radius 2 is 2.00 bits per heavy atom. The van der Waals surface area contributed by atoms with Crippen molar-refractivity contribution >= 4 is 17.3 Å². The number of aryl methyl sites for hydroxylation is 1. The third kappa shape index (κ3) is 3.04. The van der Waals surface area contributed by atoms with Crippen molar-refractivity contribution in [1.82, 2.24) is 0 Å². The van der Waals surface area contributed by atoms with Crippen molar-refractivity contribution in [3.05, 3.63) is 59.2 Å². The van der Waals surface area contributed by atoms with Crippen molar-refractivity contribution in [2.75, 3.05) is 11.1 Å². The van der Waals surface area contributed by atoms with E-state index in [1.807, 2.05) is 12.1 Å². The summed E-state index contributed by atoms with van der Waals surface area (Å²) in [5.74, 6) is -1.01. The molecule has 0 heterocycles. The molecule has 0 aliphatic heterocycles. The average Bonchev–Trinajstić information content (AvgIpc) is 2.37. The van der Waals surface area contributed by atoms with Crippen LogP contribution in [0, 0.1) is 6.92 Å². The van der Waals surface area contributed by atoms with Crippen LogP contribution < -0.4 is 11.1 Å². The summed E-state index contributed by atoms with van der Waals surface area (Å²) in [6.07, 6.45) is 0. The van der Waals surface area contributed by atoms with Crippen LogP contribution in [-0.2, 0) is 6.54 Å². The van der Waals surface area contributed by atoms with Gasteiger partial charge in [0.15, 0.2) is 0 Å². The van der Waals surface area contributed by atoms with E-state index in [1.165, 1.54) is 17.2 Å². The molecule has 4 nitrogen and oxygen atoms in total. The minimum atomic E-state index is -1.01. The maximum Gasteiger partial charge on any atom is 0.337 e. The zero-order valence-corrected chi connectivity index (χ0v) is 10.7. The van der Waals surface area contributed by atoms with Crippen molar-refractivity contribution in [3.8, 4) is 0 Å². The molecule has 0 spiro atoms. The Hall–Kier alpha value is -2.49. The third-order valence-corrected chi connectivity index (χ3v) is 3.03. The smallest absolute Gasteiger partial charge is 0.337 e. The van der Waals surface area contributed by atoms with Crippen molar-refractivity contribution in [1.29, 1.82) is 0 Å². The lowest BCUT2D eigenvalue weighted by molar-refractivity contribution is 0.0698. The Labute approximate surface area is 111 Å². The fourth-order valence-corrected chi connectivity index (χ4v) is 1.87. The molecule has 0 aliphatic rings. The van der Waals surface area contributed by atoms with Gasteiger partial charge in [-0.3, -0.25) is 0 Å². The molecule has 2 rings (SSSR count). The summed E-state index contributed by atoms with van der Waals surface area (Å²) in [5, 5.41) is 12.1. The van der Waals surface area contributed by atoms with Gasteiger partial charge in [-0.1, -0.05) is 24.3 Å². The molecule has 0 bridgehead atoms. The Morgan fingerprint density at radius 1 is 1.26 bits per heavy atom. The maximum absolute atomic E-state index is 10.9. The van der Waals surface area contributed by atoms with Gasteiger partial charge in [-0.05, 0) is 36.2 Å². The Morgan fingerprint density at radius 3 is 2.63 bits per heavy atom. The topological polar surface area (TPSA) is 75.3 Å². The summed E-state index contributed by atoms with van der Waals surface area (Å²) >= 11 is 0. The summed E-state index contributed by atoms with van der Waals surface area (Å²) in [6.45, 7) is 2.73. The average molecular weight is 256 g/mol. The van der Waals surface area contributed by atoms with E-state index in [9.17, 15) is 4.79 Å². The van der Waals surface area contributed by atoms with Gasteiger partial charge in [-0.25, -0.2) is 4.79 Å². The number of nitrogen functional groups attached to an aromatic ring is 1. The van der Waals surface area contributed by atoms with Gasteiger partial charge in [0.25, 0.3) is 0 Å². The van der Waals surface area contributed by atoms with Gasteiger partial charge in [-0.15, -0.1) is 0 Å². The molecule has 98 valence electrons. The highest BCUT2D eigenvalue weighted by Gasteiger charge is 2.07. The van der Waals surface area contributed by atoms with Crippen molar-refractivity contribution in [2.45, 2.75) is 13.5 Å². The number of hydrogen-bond acceptors (Lipinski definition) is 3. The second kappa shape index (κ2) is 5.44. The molecular formula is C15H16N2O2. The van der Waals surface area contributed by atoms with Gasteiger partial charge < -0.3 is 16.2 Å². The van der Waals surface area contributed by atoms with Crippen LogP contribution in [0.3, 0.4) is 0 Å². The standard InChI is InChI=1S/C15H16N2O2/c1-10-4-2-3-5-11(10)9-17-12-6-7-13(15(18)19)14(16)8-12/h2-8,17H,9,16H2,1H3,(H,18,19). The first-order valence-electron chi connectivity index (χ1n) is 5.99. The summed E-state index contributed by atoms with van der Waals surface area (Å²) in [4.78, 5) is 10.9. The fourth-order valence-electron chi connectivity index (χ4n) is 1.87. The lowest BCUT2D eigenvalue weighted by Crippen LogP contribution is -2.05. The highest BCUT2D eigenvalue weighted by molar-refractivity contribution is 5.94. The predicted molar refractivity (Wildman–Crippen MR) is 76.3 cm³/mol. The number of rotatable bonds is 4. The molecule has 0 unspecified atom stereocenters. The lowest BCUT2D eigenvalue weighted by Gasteiger charge is -2.10. The van der Waals surface area contributed by atoms with E-state index in [2.05, 4.69) is 24.4 Å². The number of carbonyl (C=O) groups is 1. The number of hydrogen-bond donors (Lipinski definition) is 3. The minimum absolute atomic E-state index is 0.126. The fraction of sp³-hybridized carbons (Fsp3) is 0.133. The number of aromatic carboxylic acids is 1. The zero-order valence-electron chi connectivity index (χ0n) is 10.7. The van der Waals surface area contributed by atoms with Crippen LogP contribution in [-0.4, -0.2) is 11.1 Å². The molecule has 19 heavy (non-hydrogen) atoms. The van der Waals surface area contributed by atoms with Crippen molar-refractivity contribution in [3.63, 3.8) is 0 Å². The second-order valence-electron chi connectivity index (χ2n) is 4.39. The normalized spacial score (nSPS) is 10.2. The summed E-state index contributed by atoms with van der Waals surface area (Å²) in [7, 11) is 0. The van der Waals surface area contributed by atoms with E-state index in [1.54, 1.807) is 12.1 Å². The van der Waals surface area contributed by atoms with Gasteiger partial charge in [0.2, 0.25) is 0 Å². The molecule has 0 saturated carbocycles. The molecule has 0 aromatic heterocycles. The second-order valence-corrected chi connectivity index (χ2v) is 4.39. The molecule has 0 saturated heterocycles. The summed E-state index contributed by atoms with van der Waals surface area (Å²) < 4.78 is 0. The van der Waals surface area contributed by atoms with E-state index in [-0.39, 0.29) is 11.3 Å². The van der Waals surface area contributed by atoms with Gasteiger partial charge in [0, 0.05) is 17.9 Å². The van der Waals surface area contributed by atoms with Crippen LogP contribution in [0.1, 0.15) is 21.5 Å². The molecule has 0 amide bonds. The number of benzene rings is 2. The Balaban J connectivity index is 2.11. The predicted octanol–water partition coefficient (Wildman–Crippen LogP) is 2.89. The number of carboxylic acids is 1. The summed E-state index contributed by atoms with van der Waals surface area (Å²) in [5.41, 5.74) is 9.31. The van der Waals surface area contributed by atoms with Gasteiger partial charge >= 0.3 is 5.97 Å². The minimum Gasteiger partial charge on any atom is -0.478 e. The lowest BCUT2D eigenvalue weighted by atomic mass is 10.1. The van der Waals surface area contributed by atoms with E-state index < -0.39 is 5.97 Å². The van der Waals surface area contributed by atoms with Crippen LogP contribution in [0.15, 0.2) is 42.5 Å². The molecule has 0 fully saturated rings. The van der Waals surface area contributed by atoms with Crippen molar-refractivity contribution < 1.29 is 9.90 Å². The molecule has 0 aliphatic carbocycles. The highest BCUT2D eigenvalue weighted by atomic mass is 16.4. The maximum atomic E-state index is 10.9. The Kier molecular flexibility index (Phi) is 3.71. The molecule has 2 aromatic rings. The van der Waals surface area contributed by atoms with E-state index >= 15 is 0 Å². The van der Waals surface area contributed by atoms with Crippen LogP contribution in [0.25, 0.3) is 0 Å². The van der Waals surface area contributed by atoms with Gasteiger partial charge in [0.05, 0.1) is 5.56 Å². The van der Waals surface area contributed by atoms with Crippen molar-refractivity contribution in [2.24, 2.45) is 0 Å². The van der Waals surface area contributed by atoms with Crippen LogP contribution >= 0.6 is 0 Å². The van der Waals surface area contributed by atoms with E-state index in [0.717, 1.165) is 5.69 Å². The summed E-state index contributed by atoms with van der Waals surface area (Å²) in [6, 6.07) is 13.0. The quantitative estimate of drug-likeness (QED) is 0.735. The first-order chi connectivity index (χ1) is 9.08. The molecule has 0 atom stereocenters. The van der Waals surface area contributed by atoms with Crippen LogP contribution in [0.5, 0.6) is 0 Å². The van der Waals surface area contributed by atoms with E-state index in [0.29, 0.717) is 6.54 Å². The number of nitrogens with two attached hydrogens (primary N) is 1. The molecule has 0 radical (unpaired) electrons. The van der Waals surface area contributed by atoms with Crippen LogP contribution in [0.2, 0.25) is 0 Å². The monoisotopic (exact) mass is 256 g/mol. The largest absolute Gasteiger partial charge is 0.478 e. The number of anilines is 2. The highest BCUT2D eigenvalue weighted by Crippen LogP contribution is 2.19. The molecule has 2 aromatic carbocycles. The van der Waals surface area contributed by atoms with Gasteiger partial charge in [-0.2, -0.15) is 0 Å². The third-order valence-electron chi connectivity index (χ3n) is 3.03. The number of carboxylic acid groups (broad SMARTS) is 1. The van der Waals surface area contributed by atoms with Gasteiger partial charge in [0.1, 0.15) is 0 Å². The first-order valence-corrected chi connectivity index (χ1v) is 5.99. The zero-order chi connectivity index (χ0) is 13.8.